The summed E-state index contributed by atoms with van der Waals surface area (Å²) in [5, 5.41) is 5.84. The van der Waals surface area contributed by atoms with E-state index >= 15 is 0 Å². The molecule has 0 aliphatic heterocycles. The first-order valence-corrected chi connectivity index (χ1v) is 22.7. The predicted octanol–water partition coefficient (Wildman–Crippen LogP) is 13.0. The first kappa shape index (κ1) is 37.2. The maximum Gasteiger partial charge on any atom is 0.143 e. The van der Waals surface area contributed by atoms with Crippen LogP contribution in [-0.4, -0.2) is 22.6 Å². The van der Waals surface area contributed by atoms with Crippen molar-refractivity contribution in [1.29, 1.82) is 0 Å². The zero-order valence-electron chi connectivity index (χ0n) is 32.2. The van der Waals surface area contributed by atoms with Gasteiger partial charge in [-0.2, -0.15) is 0 Å². The van der Waals surface area contributed by atoms with Crippen LogP contribution in [0.3, 0.4) is 0 Å². The summed E-state index contributed by atoms with van der Waals surface area (Å²) in [5.74, 6) is 0.831. The van der Waals surface area contributed by atoms with E-state index in [0.717, 1.165) is 88.8 Å². The van der Waals surface area contributed by atoms with E-state index in [1.165, 1.54) is 10.8 Å². The molecule has 4 aromatic heterocycles. The summed E-state index contributed by atoms with van der Waals surface area (Å²) in [7, 11) is -1.63. The number of para-hydroxylation sites is 6. The summed E-state index contributed by atoms with van der Waals surface area (Å²) in [6, 6.07) is 62.2. The number of pyridine rings is 1. The van der Waals surface area contributed by atoms with Crippen molar-refractivity contribution < 1.29 is 28.9 Å². The molecule has 0 spiro atoms. The van der Waals surface area contributed by atoms with Crippen molar-refractivity contribution in [3.63, 3.8) is 0 Å². The second-order valence-corrected chi connectivity index (χ2v) is 20.2. The second-order valence-electron chi connectivity index (χ2n) is 15.2. The fourth-order valence-electron chi connectivity index (χ4n) is 7.82. The third-order valence-electron chi connectivity index (χ3n) is 10.5. The third-order valence-corrected chi connectivity index (χ3v) is 12.5. The Labute approximate surface area is 351 Å². The van der Waals surface area contributed by atoms with Crippen molar-refractivity contribution >= 4 is 68.2 Å². The molecule has 11 rings (SSSR count). The van der Waals surface area contributed by atoms with Gasteiger partial charge in [-0.25, -0.2) is 0 Å². The molecule has 7 heteroatoms. The Morgan fingerprint density at radius 3 is 1.97 bits per heavy atom. The van der Waals surface area contributed by atoms with Crippen LogP contribution in [0.25, 0.3) is 94.4 Å². The normalized spacial score (nSPS) is 11.6. The van der Waals surface area contributed by atoms with Gasteiger partial charge in [0.2, 0.25) is 0 Å². The molecule has 0 unspecified atom stereocenters. The Hall–Kier alpha value is -6.37. The Bertz CT molecular complexity index is 3230. The average Bonchev–Trinajstić information content (AvgIpc) is 3.96. The van der Waals surface area contributed by atoms with Gasteiger partial charge in [-0.1, -0.05) is 122 Å². The van der Waals surface area contributed by atoms with Crippen molar-refractivity contribution in [3.05, 3.63) is 182 Å². The summed E-state index contributed by atoms with van der Waals surface area (Å²) in [6.45, 7) is 7.09. The van der Waals surface area contributed by atoms with Crippen molar-refractivity contribution in [2.45, 2.75) is 19.6 Å². The van der Waals surface area contributed by atoms with E-state index in [9.17, 15) is 0 Å². The average molecular weight is 944 g/mol. The number of furan rings is 2. The minimum atomic E-state index is -1.63. The molecule has 0 bridgehead atoms. The van der Waals surface area contributed by atoms with E-state index < -0.39 is 8.07 Å². The first-order valence-electron chi connectivity index (χ1n) is 19.2. The van der Waals surface area contributed by atoms with E-state index in [4.69, 9.17) is 18.8 Å². The summed E-state index contributed by atoms with van der Waals surface area (Å²) in [4.78, 5) is 9.75. The van der Waals surface area contributed by atoms with Crippen LogP contribution in [0.1, 0.15) is 0 Å². The minimum absolute atomic E-state index is 0. The predicted molar refractivity (Wildman–Crippen MR) is 237 cm³/mol. The van der Waals surface area contributed by atoms with Gasteiger partial charge >= 0.3 is 0 Å². The fourth-order valence-corrected chi connectivity index (χ4v) is 9.29. The molecular formula is C51H37IrN3O2Si-2. The number of fused-ring (bicyclic) bond motifs is 7. The SMILES string of the molecule is C[Si](C)(C)c1cnc(-c2[c-]cccc2)cc1-c1cccc2c1oc1ccccc12.[Ir].[c-]1ccc2c(oc3ccccc32)c1-c1nc2ccccc2n1-c1ccccc1. The van der Waals surface area contributed by atoms with Crippen LogP contribution >= 0.6 is 0 Å². The summed E-state index contributed by atoms with van der Waals surface area (Å²) in [6.07, 6.45) is 2.07. The maximum absolute atomic E-state index is 6.34. The van der Waals surface area contributed by atoms with Gasteiger partial charge in [-0.3, -0.25) is 4.98 Å². The van der Waals surface area contributed by atoms with Gasteiger partial charge in [0, 0.05) is 53.7 Å². The van der Waals surface area contributed by atoms with E-state index in [-0.39, 0.29) is 20.1 Å². The second kappa shape index (κ2) is 15.2. The van der Waals surface area contributed by atoms with E-state index in [1.807, 2.05) is 91.0 Å². The van der Waals surface area contributed by atoms with Crippen molar-refractivity contribution in [2.75, 3.05) is 0 Å². The molecule has 5 nitrogen and oxygen atoms in total. The molecule has 11 aromatic rings. The summed E-state index contributed by atoms with van der Waals surface area (Å²) >= 11 is 0. The van der Waals surface area contributed by atoms with E-state index in [2.05, 4.69) is 115 Å². The third kappa shape index (κ3) is 6.57. The molecule has 1 radical (unpaired) electrons. The van der Waals surface area contributed by atoms with Gasteiger partial charge < -0.3 is 18.4 Å². The smallest absolute Gasteiger partial charge is 0.143 e. The number of rotatable bonds is 5. The molecular weight excluding hydrogens is 907 g/mol. The molecule has 0 aliphatic carbocycles. The van der Waals surface area contributed by atoms with E-state index in [1.54, 1.807) is 0 Å². The van der Waals surface area contributed by atoms with Crippen LogP contribution in [0.2, 0.25) is 19.6 Å². The fraction of sp³-hybridized carbons (Fsp3) is 0.0588. The summed E-state index contributed by atoms with van der Waals surface area (Å²) < 4.78 is 14.8. The summed E-state index contributed by atoms with van der Waals surface area (Å²) in [5.41, 5.74) is 11.8. The number of imidazole rings is 1. The Balaban J connectivity index is 0.000000148. The van der Waals surface area contributed by atoms with Crippen molar-refractivity contribution in [3.8, 4) is 39.5 Å². The minimum Gasteiger partial charge on any atom is -0.501 e. The quantitative estimate of drug-likeness (QED) is 0.127. The van der Waals surface area contributed by atoms with Crippen LogP contribution < -0.4 is 5.19 Å². The molecule has 0 fully saturated rings. The molecule has 283 valence electrons. The van der Waals surface area contributed by atoms with Gasteiger partial charge in [0.15, 0.2) is 0 Å². The molecule has 0 saturated heterocycles. The van der Waals surface area contributed by atoms with Gasteiger partial charge in [0.1, 0.15) is 16.7 Å². The monoisotopic (exact) mass is 944 g/mol. The van der Waals surface area contributed by atoms with Crippen LogP contribution in [0.5, 0.6) is 0 Å². The molecule has 4 heterocycles. The van der Waals surface area contributed by atoms with E-state index in [0.29, 0.717) is 0 Å². The van der Waals surface area contributed by atoms with Crippen molar-refractivity contribution in [1.82, 2.24) is 14.5 Å². The molecule has 0 saturated carbocycles. The Morgan fingerprint density at radius 1 is 0.569 bits per heavy atom. The topological polar surface area (TPSA) is 57.0 Å². The molecule has 0 amide bonds. The zero-order valence-corrected chi connectivity index (χ0v) is 35.6. The van der Waals surface area contributed by atoms with Crippen LogP contribution in [-0.2, 0) is 20.1 Å². The van der Waals surface area contributed by atoms with Crippen LogP contribution in [0.4, 0.5) is 0 Å². The first-order chi connectivity index (χ1) is 27.9. The van der Waals surface area contributed by atoms with Crippen molar-refractivity contribution in [2.24, 2.45) is 0 Å². The zero-order chi connectivity index (χ0) is 38.5. The maximum atomic E-state index is 6.34. The number of benzene rings is 7. The molecule has 0 atom stereocenters. The number of hydrogen-bond donors (Lipinski definition) is 0. The van der Waals surface area contributed by atoms with Gasteiger partial charge in [0.25, 0.3) is 0 Å². The number of aromatic nitrogens is 3. The number of hydrogen-bond acceptors (Lipinski definition) is 4. The van der Waals surface area contributed by atoms with Gasteiger partial charge in [-0.05, 0) is 52.8 Å². The number of nitrogens with zero attached hydrogens (tertiary/aromatic N) is 3. The Kier molecular flexibility index (Phi) is 9.74. The molecule has 0 aliphatic rings. The van der Waals surface area contributed by atoms with Crippen LogP contribution in [0, 0.1) is 12.1 Å². The van der Waals surface area contributed by atoms with Gasteiger partial charge in [0.05, 0.1) is 30.5 Å². The Morgan fingerprint density at radius 2 is 1.22 bits per heavy atom. The van der Waals surface area contributed by atoms with Crippen LogP contribution in [0.15, 0.2) is 179 Å². The molecule has 58 heavy (non-hydrogen) atoms. The van der Waals surface area contributed by atoms with Gasteiger partial charge in [-0.15, -0.1) is 54.1 Å². The largest absolute Gasteiger partial charge is 0.501 e. The standard InChI is InChI=1S/C26H22NOSi.C25H15N2O.Ir/c1-29(2,3)25-17-27-23(18-10-5-4-6-11-18)16-22(25)21-14-9-13-20-19-12-7-8-15-24(19)28-26(20)21;1-2-9-17(10-3-1)27-22-15-6-5-14-21(22)26-25(27)20-13-8-12-19-18-11-4-7-16-23(18)28-24(19)20;/h4-10,12-17H,1-3H3;1-12,14-16H;/q2*-1;. The molecule has 7 aromatic carbocycles. The molecule has 0 N–H and O–H groups in total.